The van der Waals surface area contributed by atoms with Crippen molar-refractivity contribution in [2.75, 3.05) is 0 Å². The molecule has 42 heavy (non-hydrogen) atoms. The zero-order valence-electron chi connectivity index (χ0n) is 24.9. The highest BCUT2D eigenvalue weighted by molar-refractivity contribution is 5.91. The fourth-order valence-corrected chi connectivity index (χ4v) is 9.58. The maximum absolute atomic E-state index is 13.0. The second kappa shape index (κ2) is 12.9. The Morgan fingerprint density at radius 2 is 1.52 bits per heavy atom. The Kier molecular flexibility index (Phi) is 9.89. The van der Waals surface area contributed by atoms with Crippen LogP contribution in [0.3, 0.4) is 0 Å². The molecule has 0 spiro atoms. The van der Waals surface area contributed by atoms with E-state index >= 15 is 0 Å². The summed E-state index contributed by atoms with van der Waals surface area (Å²) in [4.78, 5) is 58.6. The molecule has 236 valence electrons. The Morgan fingerprint density at radius 3 is 2.19 bits per heavy atom. The van der Waals surface area contributed by atoms with Crippen LogP contribution >= 0.6 is 0 Å². The fraction of sp³-hybridized carbons (Fsp3) is 0.839. The summed E-state index contributed by atoms with van der Waals surface area (Å²) in [5.41, 5.74) is 6.02. The fourth-order valence-electron chi connectivity index (χ4n) is 9.58. The van der Waals surface area contributed by atoms with Crippen molar-refractivity contribution in [3.63, 3.8) is 0 Å². The smallest absolute Gasteiger partial charge is 0.329 e. The third-order valence-electron chi connectivity index (χ3n) is 11.8. The summed E-state index contributed by atoms with van der Waals surface area (Å²) in [5.74, 6) is -2.09. The molecule has 0 radical (unpaired) electrons. The number of ether oxygens (including phenoxy) is 1. The number of fused-ring (bicyclic) bond motifs is 5. The van der Waals surface area contributed by atoms with Crippen molar-refractivity contribution in [2.45, 2.75) is 122 Å². The molecule has 11 nitrogen and oxygen atoms in total. The van der Waals surface area contributed by atoms with Gasteiger partial charge < -0.3 is 31.1 Å². The lowest BCUT2D eigenvalue weighted by Crippen LogP contribution is -2.54. The second-order valence-corrected chi connectivity index (χ2v) is 14.0. The topological polar surface area (TPSA) is 193 Å². The molecule has 0 heterocycles. The number of hydrogen-bond donors (Lipinski definition) is 5. The van der Waals surface area contributed by atoms with Gasteiger partial charge >= 0.3 is 23.9 Å². The van der Waals surface area contributed by atoms with E-state index < -0.39 is 54.7 Å². The number of rotatable bonds is 12. The highest BCUT2D eigenvalue weighted by Gasteiger charge is 2.60. The maximum Gasteiger partial charge on any atom is 0.329 e. The Labute approximate surface area is 247 Å². The lowest BCUT2D eigenvalue weighted by molar-refractivity contribution is -0.166. The van der Waals surface area contributed by atoms with Crippen molar-refractivity contribution in [1.29, 1.82) is 0 Å². The Morgan fingerprint density at radius 1 is 0.857 bits per heavy atom. The van der Waals surface area contributed by atoms with Crippen molar-refractivity contribution < 1.29 is 44.0 Å². The zero-order valence-corrected chi connectivity index (χ0v) is 24.9. The van der Waals surface area contributed by atoms with Crippen LogP contribution in [0.5, 0.6) is 0 Å². The monoisotopic (exact) mass is 592 g/mol. The third-order valence-corrected chi connectivity index (χ3v) is 11.8. The van der Waals surface area contributed by atoms with Crippen LogP contribution in [-0.2, 0) is 28.7 Å². The number of nitrogens with one attached hydrogen (secondary N) is 1. The van der Waals surface area contributed by atoms with Gasteiger partial charge in [-0.2, -0.15) is 0 Å². The molecule has 4 fully saturated rings. The lowest BCUT2D eigenvalue weighted by atomic mass is 9.44. The summed E-state index contributed by atoms with van der Waals surface area (Å²) in [6, 6.07) is -2.85. The molecule has 4 aliphatic carbocycles. The van der Waals surface area contributed by atoms with Gasteiger partial charge in [0.15, 0.2) is 0 Å². The molecule has 0 aliphatic heterocycles. The molecule has 0 saturated heterocycles. The van der Waals surface area contributed by atoms with E-state index in [1.807, 2.05) is 0 Å². The van der Waals surface area contributed by atoms with Gasteiger partial charge in [-0.3, -0.25) is 19.2 Å². The van der Waals surface area contributed by atoms with E-state index in [0.717, 1.165) is 32.1 Å². The number of esters is 1. The van der Waals surface area contributed by atoms with Crippen LogP contribution in [0.4, 0.5) is 0 Å². The first kappa shape index (κ1) is 32.2. The highest BCUT2D eigenvalue weighted by atomic mass is 16.5. The van der Waals surface area contributed by atoms with Gasteiger partial charge in [-0.05, 0) is 111 Å². The minimum absolute atomic E-state index is 0.146. The number of carboxylic acids is 3. The molecule has 0 aromatic heterocycles. The molecule has 1 amide bonds. The molecule has 10 atom stereocenters. The van der Waals surface area contributed by atoms with Crippen LogP contribution in [0, 0.1) is 40.4 Å². The number of hydrogen-bond acceptors (Lipinski definition) is 7. The predicted octanol–water partition coefficient (Wildman–Crippen LogP) is 3.57. The first-order chi connectivity index (χ1) is 19.7. The number of carbonyl (C=O) groups is 5. The van der Waals surface area contributed by atoms with E-state index in [0.29, 0.717) is 42.4 Å². The second-order valence-electron chi connectivity index (χ2n) is 14.0. The first-order valence-electron chi connectivity index (χ1n) is 15.7. The van der Waals surface area contributed by atoms with E-state index in [1.54, 1.807) is 0 Å². The van der Waals surface area contributed by atoms with Gasteiger partial charge in [-0.15, -0.1) is 0 Å². The molecular formula is C31H48N2O9. The standard InChI is InChI=1S/C31H48N2O9/c1-30-13-11-22-20(21(30)9-7-17(30)4-3-5-25(34)35)8-6-18-14-19(10-12-31(18,22)2)42-29(41)24(16-27(38)39)33-28(40)23(32)15-26(36)37/h17-24H,3-16,32H2,1-2H3,(H,33,40)(H,34,35)(H,36,37)(H,38,39)/t17?,18-,19+,20+,21+,22+,23+,24+,30-,31+/m1/s1. The van der Waals surface area contributed by atoms with Crippen molar-refractivity contribution in [2.24, 2.45) is 46.2 Å². The summed E-state index contributed by atoms with van der Waals surface area (Å²) in [7, 11) is 0. The third kappa shape index (κ3) is 6.76. The van der Waals surface area contributed by atoms with E-state index in [4.69, 9.17) is 20.7 Å². The molecule has 4 aliphatic rings. The first-order valence-corrected chi connectivity index (χ1v) is 15.7. The molecular weight excluding hydrogens is 544 g/mol. The van der Waals surface area contributed by atoms with Gasteiger partial charge in [0.1, 0.15) is 12.1 Å². The Hall–Kier alpha value is -2.69. The largest absolute Gasteiger partial charge is 0.481 e. The number of amides is 1. The van der Waals surface area contributed by atoms with Crippen molar-refractivity contribution in [1.82, 2.24) is 5.32 Å². The van der Waals surface area contributed by atoms with Crippen molar-refractivity contribution in [3.05, 3.63) is 0 Å². The van der Waals surface area contributed by atoms with Crippen LogP contribution in [0.2, 0.25) is 0 Å². The lowest BCUT2D eigenvalue weighted by Gasteiger charge is -2.61. The van der Waals surface area contributed by atoms with Gasteiger partial charge in [0, 0.05) is 6.42 Å². The molecule has 1 unspecified atom stereocenters. The zero-order chi connectivity index (χ0) is 30.8. The molecule has 0 bridgehead atoms. The van der Waals surface area contributed by atoms with Gasteiger partial charge in [-0.1, -0.05) is 13.8 Å². The summed E-state index contributed by atoms with van der Waals surface area (Å²) in [5, 5.41) is 29.5. The average molecular weight is 593 g/mol. The van der Waals surface area contributed by atoms with Gasteiger partial charge in [0.05, 0.1) is 18.9 Å². The normalized spacial score (nSPS) is 36.8. The Balaban J connectivity index is 1.36. The summed E-state index contributed by atoms with van der Waals surface area (Å²) in [6.07, 6.45) is 9.58. The summed E-state index contributed by atoms with van der Waals surface area (Å²) >= 11 is 0. The van der Waals surface area contributed by atoms with Gasteiger partial charge in [-0.25, -0.2) is 4.79 Å². The maximum atomic E-state index is 13.0. The van der Waals surface area contributed by atoms with Crippen molar-refractivity contribution >= 4 is 29.8 Å². The Bertz CT molecular complexity index is 1070. The molecule has 4 saturated carbocycles. The average Bonchev–Trinajstić information content (AvgIpc) is 3.23. The molecule has 0 aromatic carbocycles. The number of carboxylic acid groups (broad SMARTS) is 3. The van der Waals surface area contributed by atoms with Crippen LogP contribution in [-0.4, -0.2) is 63.3 Å². The van der Waals surface area contributed by atoms with Crippen LogP contribution in [0.1, 0.15) is 104 Å². The SMILES string of the molecule is C[C@]12CC[C@H](OC(=O)[C@H](CC(=O)O)NC(=O)[C@@H](N)CC(=O)O)C[C@H]1CC[C@@H]1[C@@H]2CC[C@]2(C)C(CCCC(=O)O)CC[C@@H]12. The van der Waals surface area contributed by atoms with Crippen molar-refractivity contribution in [3.8, 4) is 0 Å². The molecule has 0 aromatic rings. The molecule has 11 heteroatoms. The summed E-state index contributed by atoms with van der Waals surface area (Å²) < 4.78 is 5.78. The minimum Gasteiger partial charge on any atom is -0.481 e. The van der Waals surface area contributed by atoms with Crippen LogP contribution < -0.4 is 11.1 Å². The molecule has 6 N–H and O–H groups in total. The predicted molar refractivity (Wildman–Crippen MR) is 151 cm³/mol. The van der Waals surface area contributed by atoms with Crippen LogP contribution in [0.15, 0.2) is 0 Å². The molecule has 4 rings (SSSR count). The minimum atomic E-state index is -1.44. The quantitative estimate of drug-likeness (QED) is 0.209. The highest BCUT2D eigenvalue weighted by Crippen LogP contribution is 2.68. The van der Waals surface area contributed by atoms with E-state index in [2.05, 4.69) is 19.2 Å². The van der Waals surface area contributed by atoms with E-state index in [9.17, 15) is 29.1 Å². The number of aliphatic carboxylic acids is 3. The van der Waals surface area contributed by atoms with E-state index in [1.165, 1.54) is 25.7 Å². The summed E-state index contributed by atoms with van der Waals surface area (Å²) in [6.45, 7) is 4.86. The van der Waals surface area contributed by atoms with Gasteiger partial charge in [0.25, 0.3) is 0 Å². The number of carbonyl (C=O) groups excluding carboxylic acids is 2. The van der Waals surface area contributed by atoms with E-state index in [-0.39, 0.29) is 23.4 Å². The van der Waals surface area contributed by atoms with Crippen LogP contribution in [0.25, 0.3) is 0 Å². The van der Waals surface area contributed by atoms with Gasteiger partial charge in [0.2, 0.25) is 5.91 Å². The number of nitrogens with two attached hydrogens (primary N) is 1.